The van der Waals surface area contributed by atoms with Gasteiger partial charge in [-0.3, -0.25) is 4.98 Å². The molecule has 0 aliphatic carbocycles. The molecule has 0 aliphatic heterocycles. The molecular formula is C9H9N3O. The van der Waals surface area contributed by atoms with Crippen molar-refractivity contribution in [1.82, 2.24) is 15.0 Å². The summed E-state index contributed by atoms with van der Waals surface area (Å²) in [6.07, 6.45) is 5.05. The molecule has 0 bridgehead atoms. The summed E-state index contributed by atoms with van der Waals surface area (Å²) in [7, 11) is 1.62. The van der Waals surface area contributed by atoms with Crippen molar-refractivity contribution in [1.29, 1.82) is 0 Å². The highest BCUT2D eigenvalue weighted by atomic mass is 16.5. The lowest BCUT2D eigenvalue weighted by Gasteiger charge is -2.03. The maximum atomic E-state index is 5.16. The Morgan fingerprint density at radius 3 is 3.08 bits per heavy atom. The zero-order chi connectivity index (χ0) is 9.10. The van der Waals surface area contributed by atoms with Gasteiger partial charge in [-0.25, -0.2) is 4.98 Å². The minimum absolute atomic E-state index is 0.742. The van der Waals surface area contributed by atoms with E-state index in [1.54, 1.807) is 25.8 Å². The fourth-order valence-electron chi connectivity index (χ4n) is 1.14. The van der Waals surface area contributed by atoms with Crippen molar-refractivity contribution in [2.45, 2.75) is 0 Å². The number of aromatic nitrogens is 3. The Morgan fingerprint density at radius 2 is 2.38 bits per heavy atom. The Labute approximate surface area is 75.6 Å². The molecule has 4 nitrogen and oxygen atoms in total. The first-order valence-corrected chi connectivity index (χ1v) is 3.89. The minimum Gasteiger partial charge on any atom is -0.494 e. The molecule has 0 saturated carbocycles. The molecule has 0 aromatic carbocycles. The predicted octanol–water partition coefficient (Wildman–Crippen LogP) is 1.48. The maximum absolute atomic E-state index is 5.16. The van der Waals surface area contributed by atoms with Crippen LogP contribution in [-0.2, 0) is 0 Å². The molecule has 0 spiro atoms. The van der Waals surface area contributed by atoms with E-state index >= 15 is 0 Å². The van der Waals surface area contributed by atoms with Gasteiger partial charge in [-0.2, -0.15) is 0 Å². The zero-order valence-corrected chi connectivity index (χ0v) is 7.19. The van der Waals surface area contributed by atoms with Crippen LogP contribution in [0, 0.1) is 0 Å². The van der Waals surface area contributed by atoms with Crippen molar-refractivity contribution in [3.05, 3.63) is 30.9 Å². The molecule has 0 saturated heterocycles. The van der Waals surface area contributed by atoms with E-state index in [0.717, 1.165) is 17.1 Å². The number of hydrogen-bond acceptors (Lipinski definition) is 3. The number of nitrogens with one attached hydrogen (secondary N) is 1. The molecule has 0 aliphatic rings. The van der Waals surface area contributed by atoms with Gasteiger partial charge in [-0.15, -0.1) is 0 Å². The second kappa shape index (κ2) is 3.26. The van der Waals surface area contributed by atoms with Gasteiger partial charge in [-0.1, -0.05) is 0 Å². The predicted molar refractivity (Wildman–Crippen MR) is 48.4 cm³/mol. The molecule has 2 rings (SSSR count). The van der Waals surface area contributed by atoms with E-state index in [1.165, 1.54) is 0 Å². The molecule has 0 unspecified atom stereocenters. The quantitative estimate of drug-likeness (QED) is 0.752. The van der Waals surface area contributed by atoms with E-state index in [1.807, 2.05) is 12.1 Å². The third-order valence-electron chi connectivity index (χ3n) is 1.74. The lowest BCUT2D eigenvalue weighted by molar-refractivity contribution is 0.414. The fourth-order valence-corrected chi connectivity index (χ4v) is 1.14. The lowest BCUT2D eigenvalue weighted by atomic mass is 10.2. The second-order valence-corrected chi connectivity index (χ2v) is 2.52. The van der Waals surface area contributed by atoms with Crippen LogP contribution in [0.15, 0.2) is 30.9 Å². The van der Waals surface area contributed by atoms with E-state index in [4.69, 9.17) is 4.74 Å². The van der Waals surface area contributed by atoms with Gasteiger partial charge >= 0.3 is 0 Å². The van der Waals surface area contributed by atoms with E-state index in [0.29, 0.717) is 0 Å². The summed E-state index contributed by atoms with van der Waals surface area (Å²) in [4.78, 5) is 11.1. The van der Waals surface area contributed by atoms with Gasteiger partial charge < -0.3 is 9.72 Å². The topological polar surface area (TPSA) is 50.8 Å². The first-order chi connectivity index (χ1) is 6.42. The van der Waals surface area contributed by atoms with Crippen molar-refractivity contribution < 1.29 is 4.74 Å². The molecule has 2 aromatic heterocycles. The average Bonchev–Trinajstić information content (AvgIpc) is 2.70. The summed E-state index contributed by atoms with van der Waals surface area (Å²) in [6, 6.07) is 3.70. The number of imidazole rings is 1. The van der Waals surface area contributed by atoms with Gasteiger partial charge in [0.25, 0.3) is 0 Å². The van der Waals surface area contributed by atoms with Crippen molar-refractivity contribution >= 4 is 0 Å². The van der Waals surface area contributed by atoms with Crippen molar-refractivity contribution in [2.24, 2.45) is 0 Å². The van der Waals surface area contributed by atoms with Crippen LogP contribution in [0.2, 0.25) is 0 Å². The summed E-state index contributed by atoms with van der Waals surface area (Å²) in [5.74, 6) is 0.742. The Bertz CT molecular complexity index is 384. The van der Waals surface area contributed by atoms with Crippen molar-refractivity contribution in [3.63, 3.8) is 0 Å². The molecule has 0 fully saturated rings. The van der Waals surface area contributed by atoms with Crippen LogP contribution in [0.25, 0.3) is 11.4 Å². The Hall–Kier alpha value is -1.84. The molecule has 13 heavy (non-hydrogen) atoms. The Morgan fingerprint density at radius 1 is 1.46 bits per heavy atom. The molecule has 0 radical (unpaired) electrons. The number of nitrogens with zero attached hydrogens (tertiary/aromatic N) is 2. The van der Waals surface area contributed by atoms with Crippen LogP contribution in [0.3, 0.4) is 0 Å². The van der Waals surface area contributed by atoms with E-state index in [9.17, 15) is 0 Å². The van der Waals surface area contributed by atoms with Crippen LogP contribution in [0.4, 0.5) is 0 Å². The molecule has 2 aromatic rings. The van der Waals surface area contributed by atoms with Crippen LogP contribution in [0.1, 0.15) is 0 Å². The number of ether oxygens (including phenoxy) is 1. The SMILES string of the molecule is COc1cccnc1-c1cnc[nH]1. The highest BCUT2D eigenvalue weighted by Crippen LogP contribution is 2.24. The Balaban J connectivity index is 2.51. The zero-order valence-electron chi connectivity index (χ0n) is 7.19. The number of pyridine rings is 1. The average molecular weight is 175 g/mol. The maximum Gasteiger partial charge on any atom is 0.146 e. The number of H-pyrrole nitrogens is 1. The molecular weight excluding hydrogens is 166 g/mol. The molecule has 0 amide bonds. The second-order valence-electron chi connectivity index (χ2n) is 2.52. The number of methoxy groups -OCH3 is 1. The number of rotatable bonds is 2. The molecule has 4 heteroatoms. The summed E-state index contributed by atoms with van der Waals surface area (Å²) in [5, 5.41) is 0. The van der Waals surface area contributed by atoms with Crippen molar-refractivity contribution in [3.8, 4) is 17.1 Å². The number of hydrogen-bond donors (Lipinski definition) is 1. The van der Waals surface area contributed by atoms with Crippen LogP contribution in [0.5, 0.6) is 5.75 Å². The minimum atomic E-state index is 0.742. The van der Waals surface area contributed by atoms with Gasteiger partial charge in [-0.05, 0) is 12.1 Å². The van der Waals surface area contributed by atoms with E-state index in [2.05, 4.69) is 15.0 Å². The largest absolute Gasteiger partial charge is 0.494 e. The third kappa shape index (κ3) is 1.38. The summed E-state index contributed by atoms with van der Waals surface area (Å²) < 4.78 is 5.16. The van der Waals surface area contributed by atoms with Crippen LogP contribution in [-0.4, -0.2) is 22.1 Å². The van der Waals surface area contributed by atoms with E-state index in [-0.39, 0.29) is 0 Å². The first-order valence-electron chi connectivity index (χ1n) is 3.89. The first kappa shape index (κ1) is 7.79. The summed E-state index contributed by atoms with van der Waals surface area (Å²) in [6.45, 7) is 0. The van der Waals surface area contributed by atoms with Gasteiger partial charge in [0, 0.05) is 6.20 Å². The van der Waals surface area contributed by atoms with Crippen molar-refractivity contribution in [2.75, 3.05) is 7.11 Å². The standard InChI is InChI=1S/C9H9N3O/c1-13-8-3-2-4-11-9(8)7-5-10-6-12-7/h2-6H,1H3,(H,10,12). The molecule has 1 N–H and O–H groups in total. The summed E-state index contributed by atoms with van der Waals surface area (Å²) in [5.41, 5.74) is 1.64. The van der Waals surface area contributed by atoms with Crippen LogP contribution < -0.4 is 4.74 Å². The molecule has 2 heterocycles. The molecule has 66 valence electrons. The highest BCUT2D eigenvalue weighted by molar-refractivity contribution is 5.61. The van der Waals surface area contributed by atoms with Gasteiger partial charge in [0.15, 0.2) is 0 Å². The van der Waals surface area contributed by atoms with Crippen LogP contribution >= 0.6 is 0 Å². The van der Waals surface area contributed by atoms with Gasteiger partial charge in [0.05, 0.1) is 25.3 Å². The summed E-state index contributed by atoms with van der Waals surface area (Å²) >= 11 is 0. The highest BCUT2D eigenvalue weighted by Gasteiger charge is 2.06. The van der Waals surface area contributed by atoms with Gasteiger partial charge in [0.1, 0.15) is 11.4 Å². The van der Waals surface area contributed by atoms with Gasteiger partial charge in [0.2, 0.25) is 0 Å². The number of aromatic amines is 1. The fraction of sp³-hybridized carbons (Fsp3) is 0.111. The monoisotopic (exact) mass is 175 g/mol. The normalized spacial score (nSPS) is 9.92. The third-order valence-corrected chi connectivity index (χ3v) is 1.74. The van der Waals surface area contributed by atoms with E-state index < -0.39 is 0 Å². The Kier molecular flexibility index (Phi) is 1.96. The smallest absolute Gasteiger partial charge is 0.146 e. The lowest BCUT2D eigenvalue weighted by Crippen LogP contribution is -1.90. The molecule has 0 atom stereocenters.